The normalized spacial score (nSPS) is 18.4. The van der Waals surface area contributed by atoms with Crippen LogP contribution in [-0.2, 0) is 26.9 Å². The Labute approximate surface area is 155 Å². The number of carbonyl (C=O) groups is 2. The summed E-state index contributed by atoms with van der Waals surface area (Å²) < 4.78 is 44.5. The molecule has 1 fully saturated rings. The van der Waals surface area contributed by atoms with Gasteiger partial charge in [0.2, 0.25) is 5.91 Å². The van der Waals surface area contributed by atoms with Crippen LogP contribution in [0.3, 0.4) is 0 Å². The molecule has 0 spiro atoms. The molecule has 0 N–H and O–H groups in total. The van der Waals surface area contributed by atoms with E-state index in [0.717, 1.165) is 12.1 Å². The van der Waals surface area contributed by atoms with E-state index < -0.39 is 29.4 Å². The number of aryl methyl sites for hydroxylation is 1. The summed E-state index contributed by atoms with van der Waals surface area (Å²) in [4.78, 5) is 26.1. The molecule has 1 aliphatic heterocycles. The largest absolute Gasteiger partial charge is 0.458 e. The van der Waals surface area contributed by atoms with Gasteiger partial charge in [-0.15, -0.1) is 0 Å². The minimum Gasteiger partial charge on any atom is -0.458 e. The lowest BCUT2D eigenvalue weighted by Crippen LogP contribution is -2.43. The Hall–Kier alpha value is -1.76. The fourth-order valence-electron chi connectivity index (χ4n) is 2.92. The summed E-state index contributed by atoms with van der Waals surface area (Å²) in [6.07, 6.45) is -3.99. The first-order valence-corrected chi connectivity index (χ1v) is 8.67. The number of anilines is 1. The van der Waals surface area contributed by atoms with Crippen molar-refractivity contribution in [1.29, 1.82) is 0 Å². The van der Waals surface area contributed by atoms with Crippen LogP contribution in [0.15, 0.2) is 12.1 Å². The molecule has 1 unspecified atom stereocenters. The second kappa shape index (κ2) is 7.10. The van der Waals surface area contributed by atoms with Crippen LogP contribution in [0.4, 0.5) is 18.9 Å². The Morgan fingerprint density at radius 2 is 1.92 bits per heavy atom. The molecule has 4 nitrogen and oxygen atoms in total. The minimum atomic E-state index is -4.55. The van der Waals surface area contributed by atoms with E-state index in [1.807, 2.05) is 0 Å². The first-order valence-electron chi connectivity index (χ1n) is 8.29. The maximum absolute atomic E-state index is 13.0. The lowest BCUT2D eigenvalue weighted by atomic mass is 10.0. The van der Waals surface area contributed by atoms with Crippen LogP contribution in [0.5, 0.6) is 0 Å². The molecule has 1 heterocycles. The highest BCUT2D eigenvalue weighted by atomic mass is 35.5. The molecule has 1 atom stereocenters. The number of benzene rings is 1. The van der Waals surface area contributed by atoms with Crippen molar-refractivity contribution >= 4 is 29.2 Å². The molecule has 0 aromatic heterocycles. The number of amides is 1. The van der Waals surface area contributed by atoms with Crippen molar-refractivity contribution in [3.63, 3.8) is 0 Å². The molecule has 0 radical (unpaired) electrons. The molecule has 1 aromatic rings. The van der Waals surface area contributed by atoms with E-state index in [1.165, 1.54) is 4.90 Å². The summed E-state index contributed by atoms with van der Waals surface area (Å²) in [5, 5.41) is -0.208. The fourth-order valence-corrected chi connectivity index (χ4v) is 3.25. The number of ether oxygens (including phenoxy) is 1. The van der Waals surface area contributed by atoms with Crippen molar-refractivity contribution in [2.45, 2.75) is 64.8 Å². The number of hydrogen-bond donors (Lipinski definition) is 0. The van der Waals surface area contributed by atoms with Gasteiger partial charge in [0.05, 0.1) is 16.3 Å². The average Bonchev–Trinajstić information content (AvgIpc) is 2.85. The van der Waals surface area contributed by atoms with Gasteiger partial charge >= 0.3 is 12.1 Å². The third-order valence-corrected chi connectivity index (χ3v) is 4.27. The van der Waals surface area contributed by atoms with Gasteiger partial charge in [-0.1, -0.05) is 18.5 Å². The van der Waals surface area contributed by atoms with Gasteiger partial charge in [0, 0.05) is 6.42 Å². The molecule has 1 aromatic carbocycles. The highest BCUT2D eigenvalue weighted by Gasteiger charge is 2.42. The number of halogens is 4. The minimum absolute atomic E-state index is 0.102. The first kappa shape index (κ1) is 20.6. The van der Waals surface area contributed by atoms with Crippen molar-refractivity contribution in [1.82, 2.24) is 0 Å². The number of hydrogen-bond acceptors (Lipinski definition) is 3. The Balaban J connectivity index is 2.50. The van der Waals surface area contributed by atoms with E-state index in [1.54, 1.807) is 27.7 Å². The summed E-state index contributed by atoms with van der Waals surface area (Å²) in [6.45, 7) is 6.77. The van der Waals surface area contributed by atoms with Gasteiger partial charge in [0.15, 0.2) is 0 Å². The van der Waals surface area contributed by atoms with Gasteiger partial charge in [-0.3, -0.25) is 9.69 Å². The van der Waals surface area contributed by atoms with Gasteiger partial charge in [-0.2, -0.15) is 13.2 Å². The molecule has 1 saturated heterocycles. The topological polar surface area (TPSA) is 46.6 Å². The Morgan fingerprint density at radius 1 is 1.31 bits per heavy atom. The quantitative estimate of drug-likeness (QED) is 0.698. The van der Waals surface area contributed by atoms with E-state index in [0.29, 0.717) is 0 Å². The van der Waals surface area contributed by atoms with Gasteiger partial charge in [0.25, 0.3) is 0 Å². The van der Waals surface area contributed by atoms with Crippen LogP contribution in [-0.4, -0.2) is 23.5 Å². The third-order valence-electron chi connectivity index (χ3n) is 3.98. The highest BCUT2D eigenvalue weighted by molar-refractivity contribution is 6.34. The zero-order valence-corrected chi connectivity index (χ0v) is 15.8. The average molecular weight is 392 g/mol. The van der Waals surface area contributed by atoms with E-state index in [-0.39, 0.29) is 41.4 Å². The van der Waals surface area contributed by atoms with Gasteiger partial charge < -0.3 is 4.74 Å². The molecule has 2 rings (SSSR count). The van der Waals surface area contributed by atoms with Gasteiger partial charge in [-0.05, 0) is 51.3 Å². The lowest BCUT2D eigenvalue weighted by Gasteiger charge is -2.29. The molecular formula is C18H21ClF3NO3. The molecule has 26 heavy (non-hydrogen) atoms. The summed E-state index contributed by atoms with van der Waals surface area (Å²) >= 11 is 6.12. The SMILES string of the molecule is CCc1cc(C(F)(F)F)cc(Cl)c1N1C(=O)CCC1C(=O)OC(C)(C)C. The van der Waals surface area contributed by atoms with Crippen LogP contribution >= 0.6 is 11.6 Å². The maximum atomic E-state index is 13.0. The predicted molar refractivity (Wildman–Crippen MR) is 92.2 cm³/mol. The monoisotopic (exact) mass is 391 g/mol. The Morgan fingerprint density at radius 3 is 2.42 bits per heavy atom. The molecular weight excluding hydrogens is 371 g/mol. The second-order valence-electron chi connectivity index (χ2n) is 7.17. The maximum Gasteiger partial charge on any atom is 0.416 e. The predicted octanol–water partition coefficient (Wildman–Crippen LogP) is 4.76. The van der Waals surface area contributed by atoms with E-state index in [2.05, 4.69) is 0 Å². The third kappa shape index (κ3) is 4.31. The number of alkyl halides is 3. The van der Waals surface area contributed by atoms with E-state index in [4.69, 9.17) is 16.3 Å². The molecule has 1 amide bonds. The van der Waals surface area contributed by atoms with Crippen molar-refractivity contribution in [2.24, 2.45) is 0 Å². The molecule has 0 aliphatic carbocycles. The molecule has 0 bridgehead atoms. The molecule has 0 saturated carbocycles. The van der Waals surface area contributed by atoms with Gasteiger partial charge in [0.1, 0.15) is 11.6 Å². The summed E-state index contributed by atoms with van der Waals surface area (Å²) in [7, 11) is 0. The lowest BCUT2D eigenvalue weighted by molar-refractivity contribution is -0.156. The van der Waals surface area contributed by atoms with Crippen molar-refractivity contribution in [2.75, 3.05) is 4.90 Å². The van der Waals surface area contributed by atoms with Crippen LogP contribution in [0, 0.1) is 0 Å². The number of esters is 1. The van der Waals surface area contributed by atoms with Gasteiger partial charge in [-0.25, -0.2) is 4.79 Å². The number of nitrogens with zero attached hydrogens (tertiary/aromatic N) is 1. The molecule has 1 aliphatic rings. The number of rotatable bonds is 3. The second-order valence-corrected chi connectivity index (χ2v) is 7.58. The summed E-state index contributed by atoms with van der Waals surface area (Å²) in [6, 6.07) is 0.855. The molecule has 144 valence electrons. The highest BCUT2D eigenvalue weighted by Crippen LogP contribution is 2.41. The van der Waals surface area contributed by atoms with E-state index >= 15 is 0 Å². The number of carbonyl (C=O) groups excluding carboxylic acids is 2. The summed E-state index contributed by atoms with van der Waals surface area (Å²) in [5.41, 5.74) is -1.22. The standard InChI is InChI=1S/C18H21ClF3NO3/c1-5-10-8-11(18(20,21)22)9-12(19)15(10)23-13(6-7-14(23)24)16(25)26-17(2,3)4/h8-9,13H,5-7H2,1-4H3. The Kier molecular flexibility index (Phi) is 5.61. The zero-order valence-electron chi connectivity index (χ0n) is 15.0. The van der Waals surface area contributed by atoms with E-state index in [9.17, 15) is 22.8 Å². The zero-order chi connectivity index (χ0) is 19.9. The van der Waals surface area contributed by atoms with Crippen molar-refractivity contribution in [3.05, 3.63) is 28.3 Å². The van der Waals surface area contributed by atoms with Crippen LogP contribution in [0.25, 0.3) is 0 Å². The van der Waals surface area contributed by atoms with Crippen molar-refractivity contribution < 1.29 is 27.5 Å². The smallest absolute Gasteiger partial charge is 0.416 e. The van der Waals surface area contributed by atoms with Crippen LogP contribution < -0.4 is 4.90 Å². The van der Waals surface area contributed by atoms with Crippen LogP contribution in [0.2, 0.25) is 5.02 Å². The van der Waals surface area contributed by atoms with Crippen LogP contribution in [0.1, 0.15) is 51.7 Å². The first-order chi connectivity index (χ1) is 11.8. The fraction of sp³-hybridized carbons (Fsp3) is 0.556. The van der Waals surface area contributed by atoms with Crippen molar-refractivity contribution in [3.8, 4) is 0 Å². The summed E-state index contributed by atoms with van der Waals surface area (Å²) in [5.74, 6) is -0.960. The molecule has 8 heteroatoms. The Bertz CT molecular complexity index is 726.